The zero-order valence-corrected chi connectivity index (χ0v) is 11.4. The van der Waals surface area contributed by atoms with Crippen molar-refractivity contribution in [2.75, 3.05) is 13.2 Å². The van der Waals surface area contributed by atoms with Gasteiger partial charge in [-0.2, -0.15) is 0 Å². The lowest BCUT2D eigenvalue weighted by molar-refractivity contribution is 0.340. The molecule has 1 rings (SSSR count). The molecule has 1 aromatic carbocycles. The molecule has 3 heteroatoms. The smallest absolute Gasteiger partial charge is 0.165 e. The highest BCUT2D eigenvalue weighted by Crippen LogP contribution is 2.18. The van der Waals surface area contributed by atoms with Crippen LogP contribution in [0.15, 0.2) is 29.8 Å². The van der Waals surface area contributed by atoms with Crippen molar-refractivity contribution in [1.82, 2.24) is 5.32 Å². The van der Waals surface area contributed by atoms with E-state index >= 15 is 0 Å². The van der Waals surface area contributed by atoms with E-state index in [0.29, 0.717) is 18.9 Å². The number of ether oxygens (including phenoxy) is 1. The van der Waals surface area contributed by atoms with Crippen molar-refractivity contribution in [2.24, 2.45) is 0 Å². The van der Waals surface area contributed by atoms with Crippen LogP contribution >= 0.6 is 0 Å². The van der Waals surface area contributed by atoms with Gasteiger partial charge in [-0.05, 0) is 50.6 Å². The zero-order chi connectivity index (χ0) is 13.4. The molecule has 0 saturated heterocycles. The molecule has 0 aliphatic heterocycles. The van der Waals surface area contributed by atoms with Crippen LogP contribution in [0.5, 0.6) is 5.75 Å². The summed E-state index contributed by atoms with van der Waals surface area (Å²) in [6.07, 6.45) is 3.00. The first-order valence-corrected chi connectivity index (χ1v) is 6.38. The summed E-state index contributed by atoms with van der Waals surface area (Å²) in [5.74, 6) is 0.0136. The number of benzene rings is 1. The quantitative estimate of drug-likeness (QED) is 0.589. The summed E-state index contributed by atoms with van der Waals surface area (Å²) >= 11 is 0. The van der Waals surface area contributed by atoms with Gasteiger partial charge in [0.2, 0.25) is 0 Å². The highest BCUT2D eigenvalue weighted by molar-refractivity contribution is 5.29. The fourth-order valence-electron chi connectivity index (χ4n) is 1.48. The van der Waals surface area contributed by atoms with Crippen molar-refractivity contribution >= 4 is 0 Å². The number of nitrogens with one attached hydrogen (secondary N) is 1. The highest BCUT2D eigenvalue weighted by Gasteiger charge is 2.04. The van der Waals surface area contributed by atoms with Crippen LogP contribution in [0.3, 0.4) is 0 Å². The Morgan fingerprint density at radius 1 is 1.39 bits per heavy atom. The summed E-state index contributed by atoms with van der Waals surface area (Å²) in [6.45, 7) is 8.13. The number of hydrogen-bond donors (Lipinski definition) is 1. The van der Waals surface area contributed by atoms with Crippen molar-refractivity contribution in [1.29, 1.82) is 0 Å². The Hall–Kier alpha value is -1.35. The first-order chi connectivity index (χ1) is 8.63. The minimum Gasteiger partial charge on any atom is -0.486 e. The molecule has 0 aromatic heterocycles. The van der Waals surface area contributed by atoms with Crippen LogP contribution < -0.4 is 10.1 Å². The molecular weight excluding hydrogens is 229 g/mol. The van der Waals surface area contributed by atoms with Gasteiger partial charge in [-0.15, -0.1) is 0 Å². The van der Waals surface area contributed by atoms with Gasteiger partial charge < -0.3 is 10.1 Å². The third kappa shape index (κ3) is 5.32. The fraction of sp³-hybridized carbons (Fsp3) is 0.467. The topological polar surface area (TPSA) is 21.3 Å². The third-order valence-electron chi connectivity index (χ3n) is 2.48. The minimum absolute atomic E-state index is 0.298. The second kappa shape index (κ2) is 7.88. The van der Waals surface area contributed by atoms with Crippen LogP contribution in [0, 0.1) is 5.82 Å². The molecule has 0 spiro atoms. The van der Waals surface area contributed by atoms with E-state index in [2.05, 4.69) is 12.2 Å². The van der Waals surface area contributed by atoms with Crippen molar-refractivity contribution < 1.29 is 9.13 Å². The number of rotatable bonds is 7. The largest absolute Gasteiger partial charge is 0.486 e. The van der Waals surface area contributed by atoms with E-state index in [1.165, 1.54) is 6.07 Å². The zero-order valence-electron chi connectivity index (χ0n) is 11.4. The molecule has 100 valence electrons. The summed E-state index contributed by atoms with van der Waals surface area (Å²) in [5.41, 5.74) is 2.10. The van der Waals surface area contributed by atoms with E-state index in [0.717, 1.165) is 24.1 Å². The summed E-state index contributed by atoms with van der Waals surface area (Å²) in [4.78, 5) is 0. The van der Waals surface area contributed by atoms with Crippen LogP contribution in [-0.4, -0.2) is 13.2 Å². The Balaban J connectivity index is 2.53. The van der Waals surface area contributed by atoms with E-state index in [4.69, 9.17) is 4.74 Å². The summed E-state index contributed by atoms with van der Waals surface area (Å²) in [7, 11) is 0. The van der Waals surface area contributed by atoms with Crippen molar-refractivity contribution in [3.8, 4) is 5.75 Å². The maximum atomic E-state index is 13.7. The normalized spacial score (nSPS) is 10.2. The molecule has 2 nitrogen and oxygen atoms in total. The molecule has 0 aliphatic rings. The molecule has 0 bridgehead atoms. The van der Waals surface area contributed by atoms with E-state index in [-0.39, 0.29) is 5.82 Å². The standard InChI is InChI=1S/C15H22FNO/c1-4-8-17-11-13-5-6-15(14(16)10-13)18-9-7-12(2)3/h5-7,10,17H,4,8-9,11H2,1-3H3. The number of halogens is 1. The van der Waals surface area contributed by atoms with Gasteiger partial charge in [0, 0.05) is 6.54 Å². The lowest BCUT2D eigenvalue weighted by Gasteiger charge is -2.08. The Labute approximate surface area is 109 Å². The van der Waals surface area contributed by atoms with E-state index < -0.39 is 0 Å². The lowest BCUT2D eigenvalue weighted by atomic mass is 10.2. The van der Waals surface area contributed by atoms with Crippen molar-refractivity contribution in [3.05, 3.63) is 41.2 Å². The molecular formula is C15H22FNO. The van der Waals surface area contributed by atoms with Gasteiger partial charge in [-0.25, -0.2) is 4.39 Å². The molecule has 1 aromatic rings. The second-order valence-electron chi connectivity index (χ2n) is 4.53. The van der Waals surface area contributed by atoms with Gasteiger partial charge in [0.15, 0.2) is 11.6 Å². The van der Waals surface area contributed by atoms with Crippen LogP contribution in [0.1, 0.15) is 32.8 Å². The van der Waals surface area contributed by atoms with Crippen molar-refractivity contribution in [3.63, 3.8) is 0 Å². The fourth-order valence-corrected chi connectivity index (χ4v) is 1.48. The molecule has 0 fully saturated rings. The molecule has 0 saturated carbocycles. The minimum atomic E-state index is -0.298. The Bertz CT molecular complexity index is 397. The van der Waals surface area contributed by atoms with Crippen LogP contribution in [-0.2, 0) is 6.54 Å². The average Bonchev–Trinajstić information content (AvgIpc) is 2.32. The lowest BCUT2D eigenvalue weighted by Crippen LogP contribution is -2.13. The van der Waals surface area contributed by atoms with Gasteiger partial charge in [-0.1, -0.05) is 18.6 Å². The maximum absolute atomic E-state index is 13.7. The van der Waals surface area contributed by atoms with Gasteiger partial charge >= 0.3 is 0 Å². The van der Waals surface area contributed by atoms with E-state index in [1.807, 2.05) is 26.0 Å². The predicted octanol–water partition coefficient (Wildman–Crippen LogP) is 3.67. The van der Waals surface area contributed by atoms with Gasteiger partial charge in [-0.3, -0.25) is 0 Å². The Morgan fingerprint density at radius 3 is 2.78 bits per heavy atom. The van der Waals surface area contributed by atoms with E-state index in [9.17, 15) is 4.39 Å². The molecule has 1 N–H and O–H groups in total. The highest BCUT2D eigenvalue weighted by atomic mass is 19.1. The monoisotopic (exact) mass is 251 g/mol. The van der Waals surface area contributed by atoms with E-state index in [1.54, 1.807) is 6.07 Å². The molecule has 0 amide bonds. The third-order valence-corrected chi connectivity index (χ3v) is 2.48. The SMILES string of the molecule is CCCNCc1ccc(OCC=C(C)C)c(F)c1. The summed E-state index contributed by atoms with van der Waals surface area (Å²) in [5, 5.41) is 3.24. The molecule has 0 unspecified atom stereocenters. The van der Waals surface area contributed by atoms with Gasteiger partial charge in [0.25, 0.3) is 0 Å². The summed E-state index contributed by atoms with van der Waals surface area (Å²) < 4.78 is 19.1. The van der Waals surface area contributed by atoms with Crippen LogP contribution in [0.4, 0.5) is 4.39 Å². The molecule has 18 heavy (non-hydrogen) atoms. The first kappa shape index (κ1) is 14.7. The van der Waals surface area contributed by atoms with Crippen LogP contribution in [0.2, 0.25) is 0 Å². The molecule has 0 aliphatic carbocycles. The Morgan fingerprint density at radius 2 is 2.17 bits per heavy atom. The van der Waals surface area contributed by atoms with Crippen LogP contribution in [0.25, 0.3) is 0 Å². The average molecular weight is 251 g/mol. The maximum Gasteiger partial charge on any atom is 0.165 e. The number of allylic oxidation sites excluding steroid dienone is 1. The Kier molecular flexibility index (Phi) is 6.44. The molecule has 0 radical (unpaired) electrons. The predicted molar refractivity (Wildman–Crippen MR) is 73.3 cm³/mol. The number of hydrogen-bond acceptors (Lipinski definition) is 2. The first-order valence-electron chi connectivity index (χ1n) is 6.38. The second-order valence-corrected chi connectivity index (χ2v) is 4.53. The van der Waals surface area contributed by atoms with Crippen molar-refractivity contribution in [2.45, 2.75) is 33.7 Å². The van der Waals surface area contributed by atoms with Gasteiger partial charge in [0.1, 0.15) is 6.61 Å². The van der Waals surface area contributed by atoms with Gasteiger partial charge in [0.05, 0.1) is 0 Å². The molecule has 0 heterocycles. The summed E-state index contributed by atoms with van der Waals surface area (Å²) in [6, 6.07) is 5.11. The molecule has 0 atom stereocenters.